The van der Waals surface area contributed by atoms with Gasteiger partial charge in [0.2, 0.25) is 0 Å². The van der Waals surface area contributed by atoms with Crippen LogP contribution in [-0.2, 0) is 0 Å². The summed E-state index contributed by atoms with van der Waals surface area (Å²) in [7, 11) is 0. The average Bonchev–Trinajstić information content (AvgIpc) is 2.34. The minimum Gasteiger partial charge on any atom is -0.193 e. The van der Waals surface area contributed by atoms with Crippen LogP contribution in [0, 0.1) is 0 Å². The Hall–Kier alpha value is -0.160. The van der Waals surface area contributed by atoms with E-state index in [0.717, 1.165) is 5.03 Å². The molecule has 1 rings (SSSR count). The summed E-state index contributed by atoms with van der Waals surface area (Å²) in [6.45, 7) is 0. The molecular formula is C4H7N3S2. The van der Waals surface area contributed by atoms with Crippen LogP contribution in [0.25, 0.3) is 0 Å². The van der Waals surface area contributed by atoms with Gasteiger partial charge >= 0.3 is 0 Å². The molecule has 0 aliphatic carbocycles. The summed E-state index contributed by atoms with van der Waals surface area (Å²) in [5, 5.41) is 8.64. The van der Waals surface area contributed by atoms with E-state index in [-0.39, 0.29) is 0 Å². The third-order valence-corrected chi connectivity index (χ3v) is 2.01. The van der Waals surface area contributed by atoms with Crippen molar-refractivity contribution < 1.29 is 0 Å². The SMILES string of the molecule is CSc1cn(SC)nn1. The second kappa shape index (κ2) is 3.12. The number of aromatic nitrogens is 3. The van der Waals surface area contributed by atoms with E-state index in [0.29, 0.717) is 0 Å². The summed E-state index contributed by atoms with van der Waals surface area (Å²) in [6, 6.07) is 0. The van der Waals surface area contributed by atoms with Gasteiger partial charge in [-0.25, -0.2) is 0 Å². The van der Waals surface area contributed by atoms with Crippen molar-refractivity contribution in [3.05, 3.63) is 6.20 Å². The Morgan fingerprint density at radius 3 is 2.67 bits per heavy atom. The van der Waals surface area contributed by atoms with E-state index in [1.165, 1.54) is 11.9 Å². The van der Waals surface area contributed by atoms with Crippen LogP contribution in [0.4, 0.5) is 0 Å². The van der Waals surface area contributed by atoms with Crippen LogP contribution < -0.4 is 0 Å². The van der Waals surface area contributed by atoms with Gasteiger partial charge in [0.15, 0.2) is 0 Å². The summed E-state index contributed by atoms with van der Waals surface area (Å²) in [5.41, 5.74) is 0. The van der Waals surface area contributed by atoms with Crippen molar-refractivity contribution >= 4 is 23.7 Å². The molecule has 0 spiro atoms. The molecule has 0 N–H and O–H groups in total. The van der Waals surface area contributed by atoms with Gasteiger partial charge in [-0.2, -0.15) is 4.09 Å². The van der Waals surface area contributed by atoms with Crippen molar-refractivity contribution in [1.82, 2.24) is 14.4 Å². The van der Waals surface area contributed by atoms with Crippen LogP contribution in [0.5, 0.6) is 0 Å². The maximum absolute atomic E-state index is 3.86. The van der Waals surface area contributed by atoms with Gasteiger partial charge in [0.05, 0.1) is 6.20 Å². The molecule has 0 amide bonds. The maximum Gasteiger partial charge on any atom is 0.139 e. The maximum atomic E-state index is 3.86. The highest BCUT2D eigenvalue weighted by molar-refractivity contribution is 7.98. The molecule has 0 saturated carbocycles. The summed E-state index contributed by atoms with van der Waals surface area (Å²) < 4.78 is 1.73. The first-order valence-electron chi connectivity index (χ1n) is 2.37. The highest BCUT2D eigenvalue weighted by atomic mass is 32.2. The van der Waals surface area contributed by atoms with E-state index in [2.05, 4.69) is 10.3 Å². The lowest BCUT2D eigenvalue weighted by Crippen LogP contribution is -1.83. The Labute approximate surface area is 62.3 Å². The van der Waals surface area contributed by atoms with Crippen molar-refractivity contribution in [2.75, 3.05) is 12.5 Å². The van der Waals surface area contributed by atoms with E-state index in [4.69, 9.17) is 0 Å². The highest BCUT2D eigenvalue weighted by Gasteiger charge is 1.94. The molecule has 1 aromatic rings. The Balaban J connectivity index is 2.74. The quantitative estimate of drug-likeness (QED) is 0.608. The molecule has 0 aliphatic rings. The van der Waals surface area contributed by atoms with E-state index < -0.39 is 0 Å². The van der Waals surface area contributed by atoms with Gasteiger partial charge in [-0.3, -0.25) is 0 Å². The number of hydrogen-bond acceptors (Lipinski definition) is 4. The lowest BCUT2D eigenvalue weighted by atomic mass is 11.0. The predicted molar refractivity (Wildman–Crippen MR) is 40.7 cm³/mol. The first kappa shape index (κ1) is 6.95. The number of hydrogen-bond donors (Lipinski definition) is 0. The molecule has 0 fully saturated rings. The second-order valence-electron chi connectivity index (χ2n) is 1.35. The van der Waals surface area contributed by atoms with E-state index in [1.807, 2.05) is 18.7 Å². The molecule has 0 unspecified atom stereocenters. The van der Waals surface area contributed by atoms with Crippen molar-refractivity contribution in [1.29, 1.82) is 0 Å². The standard InChI is InChI=1S/C4H7N3S2/c1-8-4-3-7(9-2)6-5-4/h3H,1-2H3. The van der Waals surface area contributed by atoms with Crippen LogP contribution in [-0.4, -0.2) is 26.9 Å². The smallest absolute Gasteiger partial charge is 0.139 e. The van der Waals surface area contributed by atoms with Gasteiger partial charge in [-0.05, 0) is 18.2 Å². The van der Waals surface area contributed by atoms with Gasteiger partial charge in [0.1, 0.15) is 5.03 Å². The topological polar surface area (TPSA) is 30.7 Å². The van der Waals surface area contributed by atoms with Crippen molar-refractivity contribution in [3.63, 3.8) is 0 Å². The van der Waals surface area contributed by atoms with Crippen LogP contribution in [0.15, 0.2) is 11.2 Å². The zero-order chi connectivity index (χ0) is 6.69. The van der Waals surface area contributed by atoms with Gasteiger partial charge in [-0.15, -0.1) is 16.9 Å². The van der Waals surface area contributed by atoms with E-state index in [9.17, 15) is 0 Å². The predicted octanol–water partition coefficient (Wildman–Crippen LogP) is 1.13. The molecule has 1 aromatic heterocycles. The normalized spacial score (nSPS) is 10.0. The van der Waals surface area contributed by atoms with Crippen molar-refractivity contribution in [2.24, 2.45) is 0 Å². The molecule has 3 nitrogen and oxygen atoms in total. The fourth-order valence-electron chi connectivity index (χ4n) is 0.417. The van der Waals surface area contributed by atoms with Crippen LogP contribution >= 0.6 is 23.7 Å². The van der Waals surface area contributed by atoms with E-state index >= 15 is 0 Å². The van der Waals surface area contributed by atoms with Crippen LogP contribution in [0.2, 0.25) is 0 Å². The fourth-order valence-corrected chi connectivity index (χ4v) is 1.12. The molecule has 0 atom stereocenters. The zero-order valence-corrected chi connectivity index (χ0v) is 6.87. The second-order valence-corrected chi connectivity index (χ2v) is 2.91. The third-order valence-electron chi connectivity index (χ3n) is 0.849. The Bertz CT molecular complexity index is 167. The number of nitrogens with zero attached hydrogens (tertiary/aromatic N) is 3. The molecule has 0 aromatic carbocycles. The Kier molecular flexibility index (Phi) is 2.41. The first-order valence-corrected chi connectivity index (χ1v) is 4.78. The van der Waals surface area contributed by atoms with Gasteiger partial charge in [-0.1, -0.05) is 5.21 Å². The molecule has 1 heterocycles. The summed E-state index contributed by atoms with van der Waals surface area (Å²) >= 11 is 3.13. The third kappa shape index (κ3) is 1.62. The van der Waals surface area contributed by atoms with Gasteiger partial charge < -0.3 is 0 Å². The monoisotopic (exact) mass is 161 g/mol. The largest absolute Gasteiger partial charge is 0.193 e. The summed E-state index contributed by atoms with van der Waals surface area (Å²) in [5.74, 6) is 0. The molecule has 9 heavy (non-hydrogen) atoms. The molecule has 50 valence electrons. The molecule has 0 saturated heterocycles. The Morgan fingerprint density at radius 2 is 2.33 bits per heavy atom. The van der Waals surface area contributed by atoms with Crippen LogP contribution in [0.1, 0.15) is 0 Å². The molecule has 0 radical (unpaired) electrons. The summed E-state index contributed by atoms with van der Waals surface area (Å²) in [6.07, 6.45) is 5.84. The zero-order valence-electron chi connectivity index (χ0n) is 5.24. The minimum absolute atomic E-state index is 0.962. The van der Waals surface area contributed by atoms with E-state index in [1.54, 1.807) is 15.8 Å². The molecular weight excluding hydrogens is 154 g/mol. The average molecular weight is 161 g/mol. The lowest BCUT2D eigenvalue weighted by Gasteiger charge is -1.85. The van der Waals surface area contributed by atoms with Crippen molar-refractivity contribution in [3.8, 4) is 0 Å². The van der Waals surface area contributed by atoms with Crippen molar-refractivity contribution in [2.45, 2.75) is 5.03 Å². The summed E-state index contributed by atoms with van der Waals surface area (Å²) in [4.78, 5) is 0. The Morgan fingerprint density at radius 1 is 1.56 bits per heavy atom. The van der Waals surface area contributed by atoms with Crippen LogP contribution in [0.3, 0.4) is 0 Å². The molecule has 0 bridgehead atoms. The molecule has 5 heteroatoms. The first-order chi connectivity index (χ1) is 4.36. The number of thioether (sulfide) groups is 1. The molecule has 0 aliphatic heterocycles. The highest BCUT2D eigenvalue weighted by Crippen LogP contribution is 2.10. The minimum atomic E-state index is 0.962. The van der Waals surface area contributed by atoms with Gasteiger partial charge in [0.25, 0.3) is 0 Å². The van der Waals surface area contributed by atoms with Gasteiger partial charge in [0, 0.05) is 6.26 Å². The lowest BCUT2D eigenvalue weighted by molar-refractivity contribution is 0.874. The fraction of sp³-hybridized carbons (Fsp3) is 0.500. The number of rotatable bonds is 2.